The number of esters is 1. The Balaban J connectivity index is 2.09. The van der Waals surface area contributed by atoms with Gasteiger partial charge in [0, 0.05) is 16.8 Å². The van der Waals surface area contributed by atoms with Crippen molar-refractivity contribution in [2.24, 2.45) is 0 Å². The van der Waals surface area contributed by atoms with Crippen LogP contribution < -0.4 is 4.74 Å². The lowest BCUT2D eigenvalue weighted by Gasteiger charge is -2.13. The maximum Gasteiger partial charge on any atom is 0.419 e. The van der Waals surface area contributed by atoms with Gasteiger partial charge in [0.1, 0.15) is 11.5 Å². The predicted octanol–water partition coefficient (Wildman–Crippen LogP) is 4.55. The number of alkyl halides is 3. The fourth-order valence-electron chi connectivity index (χ4n) is 1.80. The third kappa shape index (κ3) is 5.16. The lowest BCUT2D eigenvalue weighted by Crippen LogP contribution is -2.06. The van der Waals surface area contributed by atoms with E-state index in [0.29, 0.717) is 10.6 Å². The number of para-hydroxylation sites is 1. The van der Waals surface area contributed by atoms with Gasteiger partial charge in [-0.2, -0.15) is 13.2 Å². The van der Waals surface area contributed by atoms with Gasteiger partial charge in [-0.1, -0.05) is 12.1 Å². The summed E-state index contributed by atoms with van der Waals surface area (Å²) in [5.74, 6) is 0.0389. The van der Waals surface area contributed by atoms with Crippen LogP contribution in [0.1, 0.15) is 12.0 Å². The molecule has 0 N–H and O–H groups in total. The predicted molar refractivity (Wildman–Crippen MR) is 83.1 cm³/mol. The molecule has 0 saturated carbocycles. The van der Waals surface area contributed by atoms with Gasteiger partial charge in [0.15, 0.2) is 0 Å². The van der Waals surface area contributed by atoms with Crippen molar-refractivity contribution in [3.8, 4) is 11.5 Å². The quantitative estimate of drug-likeness (QED) is 0.561. The molecule has 0 spiro atoms. The van der Waals surface area contributed by atoms with E-state index in [1.165, 1.54) is 43.3 Å². The first-order valence-electron chi connectivity index (χ1n) is 6.89. The van der Waals surface area contributed by atoms with E-state index in [4.69, 9.17) is 4.74 Å². The molecule has 4 nitrogen and oxygen atoms in total. The molecular formula is C16H14F3NO3S. The number of pyridine rings is 1. The van der Waals surface area contributed by atoms with Crippen LogP contribution in [0.5, 0.6) is 11.5 Å². The first-order chi connectivity index (χ1) is 11.4. The normalized spacial score (nSPS) is 11.2. The molecule has 0 aliphatic heterocycles. The molecule has 0 amide bonds. The van der Waals surface area contributed by atoms with Gasteiger partial charge >= 0.3 is 12.1 Å². The highest BCUT2D eigenvalue weighted by molar-refractivity contribution is 7.99. The van der Waals surface area contributed by atoms with Crippen molar-refractivity contribution in [3.63, 3.8) is 0 Å². The third-order valence-electron chi connectivity index (χ3n) is 2.91. The van der Waals surface area contributed by atoms with E-state index in [2.05, 4.69) is 9.72 Å². The molecule has 0 saturated heterocycles. The van der Waals surface area contributed by atoms with E-state index >= 15 is 0 Å². The summed E-state index contributed by atoms with van der Waals surface area (Å²) in [6.07, 6.45) is -1.40. The number of methoxy groups -OCH3 is 1. The number of halogens is 3. The number of ether oxygens (including phenoxy) is 2. The van der Waals surface area contributed by atoms with Gasteiger partial charge < -0.3 is 9.47 Å². The van der Waals surface area contributed by atoms with Gasteiger partial charge in [0.2, 0.25) is 0 Å². The van der Waals surface area contributed by atoms with Crippen molar-refractivity contribution in [2.45, 2.75) is 17.5 Å². The molecule has 0 aliphatic carbocycles. The van der Waals surface area contributed by atoms with Crippen molar-refractivity contribution in [2.75, 3.05) is 12.9 Å². The molecule has 8 heteroatoms. The van der Waals surface area contributed by atoms with Crippen molar-refractivity contribution in [1.29, 1.82) is 0 Å². The van der Waals surface area contributed by atoms with Crippen LogP contribution in [0.4, 0.5) is 13.2 Å². The number of hydrogen-bond donors (Lipinski definition) is 0. The summed E-state index contributed by atoms with van der Waals surface area (Å²) in [5, 5.41) is 0. The second-order valence-corrected chi connectivity index (χ2v) is 5.80. The summed E-state index contributed by atoms with van der Waals surface area (Å²) in [4.78, 5) is 15.7. The fraction of sp³-hybridized carbons (Fsp3) is 0.250. The SMILES string of the molecule is COC(=O)CCSc1cncc(Oc2ccccc2C(F)(F)F)c1. The van der Waals surface area contributed by atoms with Gasteiger partial charge in [-0.05, 0) is 18.2 Å². The number of nitrogens with zero attached hydrogens (tertiary/aromatic N) is 1. The Morgan fingerprint density at radius 3 is 2.71 bits per heavy atom. The number of carbonyl (C=O) groups is 1. The minimum atomic E-state index is -4.50. The molecule has 0 unspecified atom stereocenters. The standard InChI is InChI=1S/C16H14F3NO3S/c1-22-15(21)6-7-24-12-8-11(9-20-10-12)23-14-5-3-2-4-13(14)16(17,18)19/h2-5,8-10H,6-7H2,1H3. The summed E-state index contributed by atoms with van der Waals surface area (Å²) >= 11 is 1.33. The molecule has 0 aliphatic rings. The Labute approximate surface area is 141 Å². The molecule has 1 aromatic carbocycles. The zero-order valence-electron chi connectivity index (χ0n) is 12.7. The summed E-state index contributed by atoms with van der Waals surface area (Å²) in [7, 11) is 1.31. The highest BCUT2D eigenvalue weighted by atomic mass is 32.2. The number of carbonyl (C=O) groups excluding carboxylic acids is 1. The molecule has 0 fully saturated rings. The molecular weight excluding hydrogens is 343 g/mol. The van der Waals surface area contributed by atoms with E-state index in [-0.39, 0.29) is 23.9 Å². The average molecular weight is 357 g/mol. The first-order valence-corrected chi connectivity index (χ1v) is 7.87. The molecule has 128 valence electrons. The summed E-state index contributed by atoms with van der Waals surface area (Å²) in [6, 6.07) is 6.54. The Hall–Kier alpha value is -2.22. The van der Waals surface area contributed by atoms with Crippen molar-refractivity contribution in [1.82, 2.24) is 4.98 Å². The molecule has 24 heavy (non-hydrogen) atoms. The number of aromatic nitrogens is 1. The van der Waals surface area contributed by atoms with Gasteiger partial charge in [0.05, 0.1) is 25.3 Å². The second kappa shape index (κ2) is 8.05. The van der Waals surface area contributed by atoms with Crippen LogP contribution in [-0.2, 0) is 15.7 Å². The summed E-state index contributed by atoms with van der Waals surface area (Å²) in [6.45, 7) is 0. The summed E-state index contributed by atoms with van der Waals surface area (Å²) in [5.41, 5.74) is -0.853. The van der Waals surface area contributed by atoms with Crippen molar-refractivity contribution >= 4 is 17.7 Å². The van der Waals surface area contributed by atoms with Crippen LogP contribution in [-0.4, -0.2) is 23.8 Å². The largest absolute Gasteiger partial charge is 0.469 e. The van der Waals surface area contributed by atoms with Crippen LogP contribution in [0.15, 0.2) is 47.6 Å². The van der Waals surface area contributed by atoms with E-state index in [0.717, 1.165) is 6.07 Å². The van der Waals surface area contributed by atoms with Gasteiger partial charge in [-0.3, -0.25) is 9.78 Å². The number of hydrogen-bond acceptors (Lipinski definition) is 5. The molecule has 0 bridgehead atoms. The van der Waals surface area contributed by atoms with E-state index in [1.54, 1.807) is 12.3 Å². The smallest absolute Gasteiger partial charge is 0.419 e. The Morgan fingerprint density at radius 2 is 2.00 bits per heavy atom. The Bertz CT molecular complexity index is 707. The van der Waals surface area contributed by atoms with Crippen molar-refractivity contribution < 1.29 is 27.4 Å². The highest BCUT2D eigenvalue weighted by Crippen LogP contribution is 2.38. The van der Waals surface area contributed by atoms with E-state index in [9.17, 15) is 18.0 Å². The minimum Gasteiger partial charge on any atom is -0.469 e. The topological polar surface area (TPSA) is 48.4 Å². The lowest BCUT2D eigenvalue weighted by atomic mass is 10.2. The Morgan fingerprint density at radius 1 is 1.25 bits per heavy atom. The average Bonchev–Trinajstić information content (AvgIpc) is 2.54. The molecule has 2 rings (SSSR count). The van der Waals surface area contributed by atoms with E-state index < -0.39 is 11.7 Å². The monoisotopic (exact) mass is 357 g/mol. The van der Waals surface area contributed by atoms with Crippen LogP contribution in [0, 0.1) is 0 Å². The van der Waals surface area contributed by atoms with E-state index in [1.807, 2.05) is 0 Å². The van der Waals surface area contributed by atoms with Crippen LogP contribution in [0.2, 0.25) is 0 Å². The maximum absolute atomic E-state index is 13.0. The summed E-state index contributed by atoms with van der Waals surface area (Å²) < 4.78 is 48.8. The maximum atomic E-state index is 13.0. The molecule has 2 aromatic rings. The van der Waals surface area contributed by atoms with Crippen LogP contribution in [0.25, 0.3) is 0 Å². The zero-order valence-corrected chi connectivity index (χ0v) is 13.5. The van der Waals surface area contributed by atoms with Gasteiger partial charge in [-0.25, -0.2) is 0 Å². The highest BCUT2D eigenvalue weighted by Gasteiger charge is 2.34. The van der Waals surface area contributed by atoms with Gasteiger partial charge in [-0.15, -0.1) is 11.8 Å². The van der Waals surface area contributed by atoms with Gasteiger partial charge in [0.25, 0.3) is 0 Å². The molecule has 0 atom stereocenters. The molecule has 0 radical (unpaired) electrons. The number of rotatable bonds is 6. The second-order valence-electron chi connectivity index (χ2n) is 4.63. The Kier molecular flexibility index (Phi) is 6.08. The molecule has 1 aromatic heterocycles. The lowest BCUT2D eigenvalue weighted by molar-refractivity contribution is -0.140. The first kappa shape index (κ1) is 18.1. The fourth-order valence-corrected chi connectivity index (χ4v) is 2.64. The third-order valence-corrected chi connectivity index (χ3v) is 3.88. The van der Waals surface area contributed by atoms with Crippen LogP contribution >= 0.6 is 11.8 Å². The number of thioether (sulfide) groups is 1. The zero-order chi connectivity index (χ0) is 17.6. The van der Waals surface area contributed by atoms with Crippen molar-refractivity contribution in [3.05, 3.63) is 48.3 Å². The minimum absolute atomic E-state index is 0.190. The van der Waals surface area contributed by atoms with Crippen LogP contribution in [0.3, 0.4) is 0 Å². The molecule has 1 heterocycles. The number of benzene rings is 1.